The van der Waals surface area contributed by atoms with Gasteiger partial charge in [0.25, 0.3) is 0 Å². The van der Waals surface area contributed by atoms with E-state index in [4.69, 9.17) is 5.73 Å². The normalized spacial score (nSPS) is 14.6. The molecule has 5 heteroatoms. The molecule has 1 aromatic heterocycles. The molecule has 0 fully saturated rings. The molecule has 2 rings (SSSR count). The van der Waals surface area contributed by atoms with Crippen molar-refractivity contribution in [3.8, 4) is 0 Å². The van der Waals surface area contributed by atoms with Crippen LogP contribution in [0.3, 0.4) is 0 Å². The number of benzene rings is 1. The second kappa shape index (κ2) is 4.27. The molecule has 0 amide bonds. The Labute approximate surface area is 98.3 Å². The zero-order chi connectivity index (χ0) is 12.5. The second-order valence-electron chi connectivity index (χ2n) is 4.06. The van der Waals surface area contributed by atoms with Crippen LogP contribution in [0.15, 0.2) is 30.6 Å². The predicted octanol–water partition coefficient (Wildman–Crippen LogP) is 1.26. The van der Waals surface area contributed by atoms with Gasteiger partial charge in [-0.15, -0.1) is 0 Å². The number of hydrogen-bond acceptors (Lipinski definition) is 3. The molecule has 4 N–H and O–H groups in total. The summed E-state index contributed by atoms with van der Waals surface area (Å²) >= 11 is 0. The summed E-state index contributed by atoms with van der Waals surface area (Å²) < 4.78 is 13.4. The van der Waals surface area contributed by atoms with Gasteiger partial charge in [0, 0.05) is 18.9 Å². The zero-order valence-electron chi connectivity index (χ0n) is 9.44. The number of nitrogens with two attached hydrogens (primary N) is 1. The quantitative estimate of drug-likeness (QED) is 0.749. The molecule has 2 aromatic rings. The van der Waals surface area contributed by atoms with E-state index in [0.29, 0.717) is 17.0 Å². The molecule has 4 nitrogen and oxygen atoms in total. The Hall–Kier alpha value is -1.72. The van der Waals surface area contributed by atoms with Crippen molar-refractivity contribution in [2.75, 3.05) is 0 Å². The van der Waals surface area contributed by atoms with Gasteiger partial charge in [-0.2, -0.15) is 0 Å². The van der Waals surface area contributed by atoms with Crippen molar-refractivity contribution in [2.45, 2.75) is 19.1 Å². The molecule has 0 saturated heterocycles. The highest BCUT2D eigenvalue weighted by atomic mass is 19.1. The Morgan fingerprint density at radius 3 is 2.82 bits per heavy atom. The molecule has 1 unspecified atom stereocenters. The average molecular weight is 235 g/mol. The fraction of sp³-hybridized carbons (Fsp3) is 0.250. The van der Waals surface area contributed by atoms with Crippen LogP contribution in [0, 0.1) is 5.82 Å². The van der Waals surface area contributed by atoms with Gasteiger partial charge in [-0.05, 0) is 30.2 Å². The summed E-state index contributed by atoms with van der Waals surface area (Å²) in [5.41, 5.74) is 5.17. The van der Waals surface area contributed by atoms with E-state index in [1.807, 2.05) is 0 Å². The summed E-state index contributed by atoms with van der Waals surface area (Å²) in [4.78, 5) is 6.81. The molecule has 90 valence electrons. The lowest BCUT2D eigenvalue weighted by molar-refractivity contribution is 0.0927. The molecule has 0 bridgehead atoms. The highest BCUT2D eigenvalue weighted by molar-refractivity contribution is 5.33. The van der Waals surface area contributed by atoms with Gasteiger partial charge in [0.1, 0.15) is 17.2 Å². The topological polar surface area (TPSA) is 74.9 Å². The third-order valence-corrected chi connectivity index (χ3v) is 2.71. The fourth-order valence-corrected chi connectivity index (χ4v) is 1.72. The van der Waals surface area contributed by atoms with Crippen molar-refractivity contribution in [2.24, 2.45) is 5.73 Å². The van der Waals surface area contributed by atoms with Crippen LogP contribution in [-0.2, 0) is 12.1 Å². The monoisotopic (exact) mass is 235 g/mol. The first-order valence-corrected chi connectivity index (χ1v) is 5.26. The third kappa shape index (κ3) is 2.20. The Morgan fingerprint density at radius 2 is 2.24 bits per heavy atom. The molecule has 0 aliphatic carbocycles. The van der Waals surface area contributed by atoms with E-state index in [-0.39, 0.29) is 6.54 Å². The number of aromatic nitrogens is 2. The number of nitrogens with one attached hydrogen (secondary N) is 1. The van der Waals surface area contributed by atoms with Gasteiger partial charge in [-0.1, -0.05) is 6.07 Å². The third-order valence-electron chi connectivity index (χ3n) is 2.71. The van der Waals surface area contributed by atoms with E-state index in [2.05, 4.69) is 9.97 Å². The maximum absolute atomic E-state index is 13.4. The van der Waals surface area contributed by atoms with E-state index >= 15 is 0 Å². The lowest BCUT2D eigenvalue weighted by atomic mass is 9.93. The Balaban J connectivity index is 2.49. The van der Waals surface area contributed by atoms with Crippen LogP contribution in [0.1, 0.15) is 23.9 Å². The molecular weight excluding hydrogens is 221 g/mol. The van der Waals surface area contributed by atoms with Crippen LogP contribution < -0.4 is 5.73 Å². The summed E-state index contributed by atoms with van der Waals surface area (Å²) in [7, 11) is 0. The minimum Gasteiger partial charge on any atom is -0.377 e. The van der Waals surface area contributed by atoms with Crippen LogP contribution in [0.5, 0.6) is 0 Å². The first-order valence-electron chi connectivity index (χ1n) is 5.26. The SMILES string of the molecule is CC(O)(c1cc(F)cc(CN)c1)c1ncc[nH]1. The molecule has 0 spiro atoms. The Bertz CT molecular complexity index is 508. The van der Waals surface area contributed by atoms with Gasteiger partial charge in [-0.25, -0.2) is 9.37 Å². The fourth-order valence-electron chi connectivity index (χ4n) is 1.72. The minimum atomic E-state index is -1.37. The highest BCUT2D eigenvalue weighted by Gasteiger charge is 2.29. The Kier molecular flexibility index (Phi) is 2.95. The minimum absolute atomic E-state index is 0.221. The van der Waals surface area contributed by atoms with Gasteiger partial charge in [0.15, 0.2) is 0 Å². The molecule has 0 saturated carbocycles. The van der Waals surface area contributed by atoms with Crippen LogP contribution in [0.4, 0.5) is 4.39 Å². The van der Waals surface area contributed by atoms with Gasteiger partial charge < -0.3 is 15.8 Å². The van der Waals surface area contributed by atoms with Crippen molar-refractivity contribution in [1.82, 2.24) is 9.97 Å². The van der Waals surface area contributed by atoms with Gasteiger partial charge >= 0.3 is 0 Å². The van der Waals surface area contributed by atoms with E-state index in [1.165, 1.54) is 18.3 Å². The van der Waals surface area contributed by atoms with Gasteiger partial charge in [0.2, 0.25) is 0 Å². The molecular formula is C12H14FN3O. The van der Waals surface area contributed by atoms with E-state index in [9.17, 15) is 9.50 Å². The van der Waals surface area contributed by atoms with Crippen molar-refractivity contribution >= 4 is 0 Å². The molecule has 17 heavy (non-hydrogen) atoms. The molecule has 1 atom stereocenters. The first-order chi connectivity index (χ1) is 8.04. The van der Waals surface area contributed by atoms with E-state index < -0.39 is 11.4 Å². The molecule has 0 aliphatic rings. The highest BCUT2D eigenvalue weighted by Crippen LogP contribution is 2.27. The molecule has 0 aliphatic heterocycles. The van der Waals surface area contributed by atoms with Crippen molar-refractivity contribution < 1.29 is 9.50 Å². The summed E-state index contributed by atoms with van der Waals surface area (Å²) in [5, 5.41) is 10.4. The number of halogens is 1. The van der Waals surface area contributed by atoms with E-state index in [0.717, 1.165) is 0 Å². The summed E-state index contributed by atoms with van der Waals surface area (Å²) in [5.74, 6) is -0.0548. The van der Waals surface area contributed by atoms with Crippen LogP contribution in [-0.4, -0.2) is 15.1 Å². The molecule has 0 radical (unpaired) electrons. The number of aliphatic hydroxyl groups is 1. The van der Waals surface area contributed by atoms with Crippen LogP contribution in [0.2, 0.25) is 0 Å². The number of rotatable bonds is 3. The second-order valence-corrected chi connectivity index (χ2v) is 4.06. The Morgan fingerprint density at radius 1 is 1.47 bits per heavy atom. The molecule has 1 aromatic carbocycles. The number of aromatic amines is 1. The smallest absolute Gasteiger partial charge is 0.144 e. The first kappa shape index (κ1) is 11.8. The standard InChI is InChI=1S/C12H14FN3O/c1-12(17,11-15-2-3-16-11)9-4-8(7-14)5-10(13)6-9/h2-6,17H,7,14H2,1H3,(H,15,16). The number of imidazole rings is 1. The maximum atomic E-state index is 13.4. The summed E-state index contributed by atoms with van der Waals surface area (Å²) in [6.07, 6.45) is 3.14. The number of nitrogens with zero attached hydrogens (tertiary/aromatic N) is 1. The zero-order valence-corrected chi connectivity index (χ0v) is 9.44. The van der Waals surface area contributed by atoms with Gasteiger partial charge in [0.05, 0.1) is 0 Å². The summed E-state index contributed by atoms with van der Waals surface area (Å²) in [6.45, 7) is 1.78. The predicted molar refractivity (Wildman–Crippen MR) is 61.6 cm³/mol. The lowest BCUT2D eigenvalue weighted by Gasteiger charge is -2.22. The van der Waals surface area contributed by atoms with Crippen molar-refractivity contribution in [1.29, 1.82) is 0 Å². The van der Waals surface area contributed by atoms with E-state index in [1.54, 1.807) is 19.2 Å². The van der Waals surface area contributed by atoms with Crippen LogP contribution >= 0.6 is 0 Å². The van der Waals surface area contributed by atoms with Crippen molar-refractivity contribution in [3.05, 3.63) is 53.4 Å². The number of hydrogen-bond donors (Lipinski definition) is 3. The largest absolute Gasteiger partial charge is 0.377 e. The molecule has 1 heterocycles. The average Bonchev–Trinajstić information content (AvgIpc) is 2.82. The lowest BCUT2D eigenvalue weighted by Crippen LogP contribution is -2.25. The summed E-state index contributed by atoms with van der Waals surface area (Å²) in [6, 6.07) is 4.30. The number of H-pyrrole nitrogens is 1. The van der Waals surface area contributed by atoms with Gasteiger partial charge in [-0.3, -0.25) is 0 Å². The maximum Gasteiger partial charge on any atom is 0.144 e. The van der Waals surface area contributed by atoms with Crippen LogP contribution in [0.25, 0.3) is 0 Å². The van der Waals surface area contributed by atoms with Crippen molar-refractivity contribution in [3.63, 3.8) is 0 Å².